The van der Waals surface area contributed by atoms with E-state index in [1.54, 1.807) is 19.1 Å². The number of carbonyl (C=O) groups is 2. The van der Waals surface area contributed by atoms with Gasteiger partial charge in [-0.25, -0.2) is 9.59 Å². The molecule has 8 heteroatoms. The number of ketones is 1. The first-order valence-electron chi connectivity index (χ1n) is 8.16. The highest BCUT2D eigenvalue weighted by Gasteiger charge is 2.21. The Hall–Kier alpha value is -3.16. The lowest BCUT2D eigenvalue weighted by Crippen LogP contribution is -2.37. The monoisotopic (exact) mass is 359 g/mol. The maximum atomic E-state index is 12.3. The molecular formula is C18H21N3O5. The SMILES string of the molecule is CCCn1c(N)c(C(=O)COC(=O)c2ccc(C)cc2C)c(=O)[nH]c1=O. The van der Waals surface area contributed by atoms with Crippen LogP contribution >= 0.6 is 0 Å². The van der Waals surface area contributed by atoms with Gasteiger partial charge in [0.1, 0.15) is 11.4 Å². The first-order chi connectivity index (χ1) is 12.3. The lowest BCUT2D eigenvalue weighted by atomic mass is 10.1. The molecule has 0 fully saturated rings. The highest BCUT2D eigenvalue weighted by atomic mass is 16.5. The molecule has 138 valence electrons. The van der Waals surface area contributed by atoms with Gasteiger partial charge in [-0.05, 0) is 31.9 Å². The number of esters is 1. The molecule has 8 nitrogen and oxygen atoms in total. The number of hydrogen-bond donors (Lipinski definition) is 2. The summed E-state index contributed by atoms with van der Waals surface area (Å²) in [4.78, 5) is 50.3. The molecule has 3 N–H and O–H groups in total. The Morgan fingerprint density at radius 1 is 1.23 bits per heavy atom. The molecule has 2 aromatic rings. The van der Waals surface area contributed by atoms with Crippen molar-refractivity contribution in [3.05, 3.63) is 61.3 Å². The molecule has 26 heavy (non-hydrogen) atoms. The van der Waals surface area contributed by atoms with E-state index in [1.807, 2.05) is 19.9 Å². The van der Waals surface area contributed by atoms with E-state index in [0.717, 1.165) is 15.7 Å². The number of nitrogen functional groups attached to an aromatic ring is 1. The van der Waals surface area contributed by atoms with Crippen molar-refractivity contribution in [2.75, 3.05) is 12.3 Å². The molecule has 1 aromatic carbocycles. The van der Waals surface area contributed by atoms with E-state index < -0.39 is 29.6 Å². The van der Waals surface area contributed by atoms with Crippen LogP contribution in [0.3, 0.4) is 0 Å². The number of nitrogens with zero attached hydrogens (tertiary/aromatic N) is 1. The third kappa shape index (κ3) is 3.90. The number of aromatic nitrogens is 2. The van der Waals surface area contributed by atoms with Gasteiger partial charge in [0.2, 0.25) is 5.78 Å². The molecule has 0 unspecified atom stereocenters. The van der Waals surface area contributed by atoms with Crippen LogP contribution in [0, 0.1) is 13.8 Å². The fourth-order valence-electron chi connectivity index (χ4n) is 2.63. The Morgan fingerprint density at radius 2 is 1.92 bits per heavy atom. The number of Topliss-reactive ketones (excluding diaryl/α,β-unsaturated/α-hetero) is 1. The summed E-state index contributed by atoms with van der Waals surface area (Å²) in [7, 11) is 0. The van der Waals surface area contributed by atoms with Crippen molar-refractivity contribution in [2.45, 2.75) is 33.7 Å². The second-order valence-corrected chi connectivity index (χ2v) is 5.99. The van der Waals surface area contributed by atoms with E-state index >= 15 is 0 Å². The summed E-state index contributed by atoms with van der Waals surface area (Å²) in [6, 6.07) is 5.19. The molecule has 0 aliphatic rings. The fourth-order valence-corrected chi connectivity index (χ4v) is 2.63. The van der Waals surface area contributed by atoms with Crippen LogP contribution in [0.25, 0.3) is 0 Å². The van der Waals surface area contributed by atoms with Gasteiger partial charge in [-0.15, -0.1) is 0 Å². The maximum absolute atomic E-state index is 12.3. The fraction of sp³-hybridized carbons (Fsp3) is 0.333. The predicted molar refractivity (Wildman–Crippen MR) is 96.6 cm³/mol. The quantitative estimate of drug-likeness (QED) is 0.589. The average molecular weight is 359 g/mol. The number of aromatic amines is 1. The number of nitrogens with two attached hydrogens (primary N) is 1. The second kappa shape index (κ2) is 7.81. The number of carbonyl (C=O) groups excluding carboxylic acids is 2. The minimum Gasteiger partial charge on any atom is -0.454 e. The van der Waals surface area contributed by atoms with E-state index in [0.29, 0.717) is 12.0 Å². The van der Waals surface area contributed by atoms with Crippen LogP contribution in [0.4, 0.5) is 5.82 Å². The highest BCUT2D eigenvalue weighted by molar-refractivity contribution is 6.02. The van der Waals surface area contributed by atoms with Crippen LogP contribution in [0.1, 0.15) is 45.2 Å². The van der Waals surface area contributed by atoms with Gasteiger partial charge in [0.15, 0.2) is 6.61 Å². The number of ether oxygens (including phenoxy) is 1. The van der Waals surface area contributed by atoms with E-state index in [-0.39, 0.29) is 17.9 Å². The molecule has 0 aliphatic heterocycles. The molecule has 0 amide bonds. The molecule has 1 heterocycles. The topological polar surface area (TPSA) is 124 Å². The normalized spacial score (nSPS) is 10.6. The van der Waals surface area contributed by atoms with Crippen molar-refractivity contribution in [1.82, 2.24) is 9.55 Å². The number of hydrogen-bond acceptors (Lipinski definition) is 6. The van der Waals surface area contributed by atoms with Gasteiger partial charge in [0.25, 0.3) is 5.56 Å². The van der Waals surface area contributed by atoms with Crippen LogP contribution in [-0.4, -0.2) is 27.9 Å². The molecular weight excluding hydrogens is 338 g/mol. The standard InChI is InChI=1S/C18H21N3O5/c1-4-7-21-15(19)14(16(23)20-18(21)25)13(22)9-26-17(24)12-6-5-10(2)8-11(12)3/h5-6,8H,4,7,9,19H2,1-3H3,(H,20,23,25). The maximum Gasteiger partial charge on any atom is 0.338 e. The van der Waals surface area contributed by atoms with Crippen molar-refractivity contribution in [3.63, 3.8) is 0 Å². The van der Waals surface area contributed by atoms with Crippen molar-refractivity contribution >= 4 is 17.6 Å². The van der Waals surface area contributed by atoms with E-state index in [1.165, 1.54) is 0 Å². The highest BCUT2D eigenvalue weighted by Crippen LogP contribution is 2.12. The molecule has 0 spiro atoms. The molecule has 0 saturated carbocycles. The number of benzene rings is 1. The van der Waals surface area contributed by atoms with Crippen LogP contribution in [0.5, 0.6) is 0 Å². The molecule has 1 aromatic heterocycles. The first kappa shape index (κ1) is 19.2. The Kier molecular flexibility index (Phi) is 5.76. The molecule has 0 saturated heterocycles. The molecule has 0 bridgehead atoms. The number of rotatable bonds is 6. The zero-order valence-electron chi connectivity index (χ0n) is 14.9. The lowest BCUT2D eigenvalue weighted by molar-refractivity contribution is 0.0473. The van der Waals surface area contributed by atoms with E-state index in [9.17, 15) is 19.2 Å². The summed E-state index contributed by atoms with van der Waals surface area (Å²) >= 11 is 0. The third-order valence-corrected chi connectivity index (χ3v) is 3.90. The molecule has 0 radical (unpaired) electrons. The van der Waals surface area contributed by atoms with Crippen molar-refractivity contribution < 1.29 is 14.3 Å². The smallest absolute Gasteiger partial charge is 0.338 e. The zero-order chi connectivity index (χ0) is 19.4. The predicted octanol–water partition coefficient (Wildman–Crippen LogP) is 1.19. The lowest BCUT2D eigenvalue weighted by Gasteiger charge is -2.11. The first-order valence-corrected chi connectivity index (χ1v) is 8.16. The van der Waals surface area contributed by atoms with Gasteiger partial charge < -0.3 is 10.5 Å². The second-order valence-electron chi connectivity index (χ2n) is 5.99. The Balaban J connectivity index is 2.23. The van der Waals surface area contributed by atoms with Gasteiger partial charge in [0.05, 0.1) is 5.56 Å². The van der Waals surface area contributed by atoms with E-state index in [4.69, 9.17) is 10.5 Å². The summed E-state index contributed by atoms with van der Waals surface area (Å²) in [6.45, 7) is 5.08. The number of H-pyrrole nitrogens is 1. The van der Waals surface area contributed by atoms with Gasteiger partial charge >= 0.3 is 11.7 Å². The van der Waals surface area contributed by atoms with Crippen molar-refractivity contribution in [1.29, 1.82) is 0 Å². The van der Waals surface area contributed by atoms with Crippen LogP contribution in [-0.2, 0) is 11.3 Å². The van der Waals surface area contributed by atoms with Gasteiger partial charge in [-0.2, -0.15) is 0 Å². The minimum atomic E-state index is -0.896. The molecule has 2 rings (SSSR count). The number of nitrogens with one attached hydrogen (secondary N) is 1. The average Bonchev–Trinajstić information content (AvgIpc) is 2.56. The summed E-state index contributed by atoms with van der Waals surface area (Å²) in [5, 5.41) is 0. The minimum absolute atomic E-state index is 0.229. The van der Waals surface area contributed by atoms with Gasteiger partial charge in [-0.1, -0.05) is 24.6 Å². The van der Waals surface area contributed by atoms with Crippen LogP contribution in [0.2, 0.25) is 0 Å². The zero-order valence-corrected chi connectivity index (χ0v) is 14.9. The third-order valence-electron chi connectivity index (χ3n) is 3.90. The summed E-state index contributed by atoms with van der Waals surface area (Å²) < 4.78 is 6.13. The Labute approximate surface area is 149 Å². The number of aryl methyl sites for hydroxylation is 2. The van der Waals surface area contributed by atoms with Crippen LogP contribution in [0.15, 0.2) is 27.8 Å². The summed E-state index contributed by atoms with van der Waals surface area (Å²) in [5.74, 6) is -1.67. The van der Waals surface area contributed by atoms with Crippen molar-refractivity contribution in [2.24, 2.45) is 0 Å². The summed E-state index contributed by atoms with van der Waals surface area (Å²) in [6.07, 6.45) is 0.589. The van der Waals surface area contributed by atoms with Gasteiger partial charge in [-0.3, -0.25) is 19.1 Å². The Bertz CT molecular complexity index is 972. The molecule has 0 aliphatic carbocycles. The van der Waals surface area contributed by atoms with Crippen LogP contribution < -0.4 is 17.0 Å². The number of anilines is 1. The van der Waals surface area contributed by atoms with E-state index in [2.05, 4.69) is 4.98 Å². The largest absolute Gasteiger partial charge is 0.454 e. The van der Waals surface area contributed by atoms with Crippen molar-refractivity contribution in [3.8, 4) is 0 Å². The van der Waals surface area contributed by atoms with Gasteiger partial charge in [0, 0.05) is 6.54 Å². The Morgan fingerprint density at radius 3 is 2.54 bits per heavy atom. The molecule has 0 atom stereocenters. The summed E-state index contributed by atoms with van der Waals surface area (Å²) in [5.41, 5.74) is 5.90.